The van der Waals surface area contributed by atoms with Gasteiger partial charge in [-0.25, -0.2) is 4.98 Å². The molecule has 0 saturated carbocycles. The lowest BCUT2D eigenvalue weighted by molar-refractivity contribution is 0.0719. The third kappa shape index (κ3) is 3.59. The van der Waals surface area contributed by atoms with Crippen LogP contribution >= 0.6 is 11.3 Å². The first kappa shape index (κ1) is 15.7. The predicted octanol–water partition coefficient (Wildman–Crippen LogP) is 3.33. The number of thiazole rings is 1. The number of aromatic nitrogens is 1. The molecule has 6 heteroatoms. The van der Waals surface area contributed by atoms with Gasteiger partial charge in [0.05, 0.1) is 0 Å². The number of anilines is 1. The van der Waals surface area contributed by atoms with Crippen LogP contribution in [0, 0.1) is 6.92 Å². The van der Waals surface area contributed by atoms with E-state index in [1.807, 2.05) is 30.0 Å². The molecule has 1 aromatic carbocycles. The Labute approximate surface area is 139 Å². The van der Waals surface area contributed by atoms with E-state index in [9.17, 15) is 9.59 Å². The lowest BCUT2D eigenvalue weighted by Gasteiger charge is -2.25. The van der Waals surface area contributed by atoms with Crippen LogP contribution in [0.2, 0.25) is 0 Å². The molecule has 0 radical (unpaired) electrons. The molecule has 23 heavy (non-hydrogen) atoms. The summed E-state index contributed by atoms with van der Waals surface area (Å²) in [4.78, 5) is 30.8. The summed E-state index contributed by atoms with van der Waals surface area (Å²) in [7, 11) is 0. The van der Waals surface area contributed by atoms with Gasteiger partial charge in [0, 0.05) is 24.0 Å². The summed E-state index contributed by atoms with van der Waals surface area (Å²) in [5.74, 6) is -0.244. The Kier molecular flexibility index (Phi) is 4.71. The zero-order chi connectivity index (χ0) is 16.2. The monoisotopic (exact) mass is 329 g/mol. The summed E-state index contributed by atoms with van der Waals surface area (Å²) in [6.07, 6.45) is 3.28. The Hall–Kier alpha value is -2.21. The quantitative estimate of drug-likeness (QED) is 0.939. The van der Waals surface area contributed by atoms with Gasteiger partial charge >= 0.3 is 0 Å². The number of carbonyl (C=O) groups is 2. The zero-order valence-corrected chi connectivity index (χ0v) is 13.9. The number of aryl methyl sites for hydroxylation is 1. The van der Waals surface area contributed by atoms with Crippen molar-refractivity contribution >= 4 is 28.3 Å². The van der Waals surface area contributed by atoms with E-state index in [-0.39, 0.29) is 11.8 Å². The molecule has 0 bridgehead atoms. The minimum Gasteiger partial charge on any atom is -0.337 e. The van der Waals surface area contributed by atoms with Gasteiger partial charge in [-0.3, -0.25) is 14.9 Å². The molecule has 2 aromatic rings. The highest BCUT2D eigenvalue weighted by molar-refractivity contribution is 7.14. The normalized spacial score (nSPS) is 14.6. The van der Waals surface area contributed by atoms with Crippen molar-refractivity contribution in [1.82, 2.24) is 9.88 Å². The fourth-order valence-corrected chi connectivity index (χ4v) is 3.36. The van der Waals surface area contributed by atoms with Crippen LogP contribution in [-0.2, 0) is 0 Å². The average Bonchev–Trinajstić information content (AvgIpc) is 3.03. The molecule has 120 valence electrons. The lowest BCUT2D eigenvalue weighted by Crippen LogP contribution is -2.35. The molecule has 5 nitrogen and oxygen atoms in total. The average molecular weight is 329 g/mol. The highest BCUT2D eigenvalue weighted by atomic mass is 32.1. The summed E-state index contributed by atoms with van der Waals surface area (Å²) in [6, 6.07) is 7.39. The zero-order valence-electron chi connectivity index (χ0n) is 13.0. The molecule has 0 aliphatic carbocycles. The number of benzene rings is 1. The predicted molar refractivity (Wildman–Crippen MR) is 91.0 cm³/mol. The lowest BCUT2D eigenvalue weighted by atomic mass is 10.1. The SMILES string of the molecule is Cc1ccccc1C(=O)Nc1nc(C(=O)N2CCCCC2)cs1. The Bertz CT molecular complexity index is 720. The number of nitrogens with zero attached hydrogens (tertiary/aromatic N) is 2. The molecule has 1 aromatic heterocycles. The molecule has 0 atom stereocenters. The van der Waals surface area contributed by atoms with Crippen LogP contribution in [0.3, 0.4) is 0 Å². The van der Waals surface area contributed by atoms with E-state index in [0.717, 1.165) is 31.5 Å². The highest BCUT2D eigenvalue weighted by Gasteiger charge is 2.21. The van der Waals surface area contributed by atoms with E-state index in [1.165, 1.54) is 17.8 Å². The second kappa shape index (κ2) is 6.91. The van der Waals surface area contributed by atoms with Crippen LogP contribution < -0.4 is 5.32 Å². The first-order valence-electron chi connectivity index (χ1n) is 7.77. The van der Waals surface area contributed by atoms with Crippen molar-refractivity contribution in [2.24, 2.45) is 0 Å². The number of hydrogen-bond donors (Lipinski definition) is 1. The smallest absolute Gasteiger partial charge is 0.273 e. The van der Waals surface area contributed by atoms with E-state index in [0.29, 0.717) is 16.4 Å². The largest absolute Gasteiger partial charge is 0.337 e. The molecular formula is C17H19N3O2S. The van der Waals surface area contributed by atoms with Gasteiger partial charge in [-0.1, -0.05) is 18.2 Å². The van der Waals surface area contributed by atoms with Gasteiger partial charge in [-0.15, -0.1) is 11.3 Å². The molecule has 1 N–H and O–H groups in total. The summed E-state index contributed by atoms with van der Waals surface area (Å²) in [6.45, 7) is 3.48. The maximum Gasteiger partial charge on any atom is 0.273 e. The van der Waals surface area contributed by atoms with Crippen LogP contribution in [0.4, 0.5) is 5.13 Å². The molecule has 2 heterocycles. The van der Waals surface area contributed by atoms with Crippen molar-refractivity contribution < 1.29 is 9.59 Å². The second-order valence-electron chi connectivity index (χ2n) is 5.66. The molecular weight excluding hydrogens is 310 g/mol. The fraction of sp³-hybridized carbons (Fsp3) is 0.353. The number of carbonyl (C=O) groups excluding carboxylic acids is 2. The first-order valence-corrected chi connectivity index (χ1v) is 8.65. The van der Waals surface area contributed by atoms with Crippen LogP contribution in [0.15, 0.2) is 29.6 Å². The van der Waals surface area contributed by atoms with Crippen molar-refractivity contribution in [3.05, 3.63) is 46.5 Å². The molecule has 0 unspecified atom stereocenters. The Balaban J connectivity index is 1.68. The Morgan fingerprint density at radius 1 is 1.17 bits per heavy atom. The third-order valence-electron chi connectivity index (χ3n) is 3.98. The Morgan fingerprint density at radius 2 is 1.91 bits per heavy atom. The summed E-state index contributed by atoms with van der Waals surface area (Å²) in [5, 5.41) is 4.94. The number of amides is 2. The maximum atomic E-state index is 12.4. The number of piperidine rings is 1. The maximum absolute atomic E-state index is 12.4. The van der Waals surface area contributed by atoms with Crippen LogP contribution in [0.5, 0.6) is 0 Å². The van der Waals surface area contributed by atoms with E-state index in [1.54, 1.807) is 11.4 Å². The number of hydrogen-bond acceptors (Lipinski definition) is 4. The van der Waals surface area contributed by atoms with E-state index in [4.69, 9.17) is 0 Å². The van der Waals surface area contributed by atoms with Crippen molar-refractivity contribution in [3.63, 3.8) is 0 Å². The molecule has 1 aliphatic rings. The highest BCUT2D eigenvalue weighted by Crippen LogP contribution is 2.20. The van der Waals surface area contributed by atoms with Gasteiger partial charge in [0.15, 0.2) is 5.13 Å². The summed E-state index contributed by atoms with van der Waals surface area (Å²) < 4.78 is 0. The van der Waals surface area contributed by atoms with Crippen LogP contribution in [0.1, 0.15) is 45.7 Å². The minimum absolute atomic E-state index is 0.0441. The van der Waals surface area contributed by atoms with Crippen molar-refractivity contribution in [2.45, 2.75) is 26.2 Å². The second-order valence-corrected chi connectivity index (χ2v) is 6.52. The molecule has 0 spiro atoms. The minimum atomic E-state index is -0.200. The topological polar surface area (TPSA) is 62.3 Å². The van der Waals surface area contributed by atoms with Crippen molar-refractivity contribution in [3.8, 4) is 0 Å². The standard InChI is InChI=1S/C17H19N3O2S/c1-12-7-3-4-8-13(12)15(21)19-17-18-14(11-23-17)16(22)20-9-5-2-6-10-20/h3-4,7-8,11H,2,5-6,9-10H2,1H3,(H,18,19,21). The van der Waals surface area contributed by atoms with Gasteiger partial charge in [0.25, 0.3) is 11.8 Å². The van der Waals surface area contributed by atoms with Crippen LogP contribution in [0.25, 0.3) is 0 Å². The van der Waals surface area contributed by atoms with Gasteiger partial charge in [-0.05, 0) is 37.8 Å². The van der Waals surface area contributed by atoms with Crippen molar-refractivity contribution in [1.29, 1.82) is 0 Å². The fourth-order valence-electron chi connectivity index (χ4n) is 2.68. The molecule has 1 fully saturated rings. The molecule has 1 saturated heterocycles. The van der Waals surface area contributed by atoms with Gasteiger partial charge < -0.3 is 4.90 Å². The number of rotatable bonds is 3. The van der Waals surface area contributed by atoms with Gasteiger partial charge in [0.2, 0.25) is 0 Å². The van der Waals surface area contributed by atoms with Crippen molar-refractivity contribution in [2.75, 3.05) is 18.4 Å². The van der Waals surface area contributed by atoms with E-state index >= 15 is 0 Å². The third-order valence-corrected chi connectivity index (χ3v) is 4.73. The molecule has 1 aliphatic heterocycles. The summed E-state index contributed by atoms with van der Waals surface area (Å²) >= 11 is 1.28. The number of likely N-dealkylation sites (tertiary alicyclic amines) is 1. The van der Waals surface area contributed by atoms with E-state index < -0.39 is 0 Å². The van der Waals surface area contributed by atoms with E-state index in [2.05, 4.69) is 10.3 Å². The Morgan fingerprint density at radius 3 is 2.65 bits per heavy atom. The van der Waals surface area contributed by atoms with Gasteiger partial charge in [0.1, 0.15) is 5.69 Å². The van der Waals surface area contributed by atoms with Crippen LogP contribution in [-0.4, -0.2) is 34.8 Å². The summed E-state index contributed by atoms with van der Waals surface area (Å²) in [5.41, 5.74) is 1.94. The number of nitrogens with one attached hydrogen (secondary N) is 1. The first-order chi connectivity index (χ1) is 11.1. The van der Waals surface area contributed by atoms with Gasteiger partial charge in [-0.2, -0.15) is 0 Å². The molecule has 2 amide bonds. The molecule has 3 rings (SSSR count).